The Morgan fingerprint density at radius 1 is 1.53 bits per heavy atom. The number of hydrogen-bond acceptors (Lipinski definition) is 2. The van der Waals surface area contributed by atoms with Crippen LogP contribution in [0.4, 0.5) is 4.39 Å². The van der Waals surface area contributed by atoms with Crippen molar-refractivity contribution in [3.05, 3.63) is 52.3 Å². The van der Waals surface area contributed by atoms with E-state index in [0.717, 1.165) is 11.4 Å². The Hall–Kier alpha value is -1.20. The topological polar surface area (TPSA) is 43.8 Å². The molecule has 5 heteroatoms. The summed E-state index contributed by atoms with van der Waals surface area (Å²) < 4.78 is 15.4. The Kier molecular flexibility index (Phi) is 3.59. The lowest BCUT2D eigenvalue weighted by Crippen LogP contribution is -2.17. The summed E-state index contributed by atoms with van der Waals surface area (Å²) in [5, 5.41) is 0. The smallest absolute Gasteiger partial charge is 0.137 e. The van der Waals surface area contributed by atoms with Crippen molar-refractivity contribution in [2.24, 2.45) is 12.8 Å². The summed E-state index contributed by atoms with van der Waals surface area (Å²) in [6, 6.07) is 4.73. The summed E-state index contributed by atoms with van der Waals surface area (Å²) in [6.07, 6.45) is 4.20. The molecule has 0 saturated heterocycles. The van der Waals surface area contributed by atoms with Gasteiger partial charge in [-0.15, -0.1) is 0 Å². The molecule has 1 unspecified atom stereocenters. The van der Waals surface area contributed by atoms with Gasteiger partial charge in [0.25, 0.3) is 0 Å². The van der Waals surface area contributed by atoms with Crippen LogP contribution in [0.3, 0.4) is 0 Å². The van der Waals surface area contributed by atoms with Gasteiger partial charge in [0.15, 0.2) is 0 Å². The highest BCUT2D eigenvalue weighted by Crippen LogP contribution is 2.20. The van der Waals surface area contributed by atoms with Gasteiger partial charge in [0.2, 0.25) is 0 Å². The van der Waals surface area contributed by atoms with Crippen molar-refractivity contribution < 1.29 is 4.39 Å². The average molecular weight is 298 g/mol. The van der Waals surface area contributed by atoms with Gasteiger partial charge in [-0.1, -0.05) is 6.07 Å². The Morgan fingerprint density at radius 3 is 2.88 bits per heavy atom. The predicted octanol–water partition coefficient (Wildman–Crippen LogP) is 2.56. The molecule has 0 bridgehead atoms. The molecule has 0 aliphatic rings. The predicted molar refractivity (Wildman–Crippen MR) is 67.9 cm³/mol. The number of aromatic nitrogens is 2. The second-order valence-corrected chi connectivity index (χ2v) is 4.81. The van der Waals surface area contributed by atoms with Crippen LogP contribution in [0.15, 0.2) is 35.1 Å². The zero-order valence-electron chi connectivity index (χ0n) is 9.40. The van der Waals surface area contributed by atoms with E-state index in [1.54, 1.807) is 18.3 Å². The maximum Gasteiger partial charge on any atom is 0.137 e. The number of hydrogen-bond donors (Lipinski definition) is 1. The van der Waals surface area contributed by atoms with Crippen LogP contribution < -0.4 is 5.73 Å². The highest BCUT2D eigenvalue weighted by atomic mass is 79.9. The number of nitrogens with two attached hydrogens (primary N) is 1. The van der Waals surface area contributed by atoms with Gasteiger partial charge in [-0.3, -0.25) is 0 Å². The molecule has 17 heavy (non-hydrogen) atoms. The van der Waals surface area contributed by atoms with Crippen molar-refractivity contribution >= 4 is 15.9 Å². The maximum atomic E-state index is 13.1. The van der Waals surface area contributed by atoms with Crippen molar-refractivity contribution in [1.82, 2.24) is 9.55 Å². The first kappa shape index (κ1) is 12.3. The van der Waals surface area contributed by atoms with Crippen LogP contribution in [-0.4, -0.2) is 9.55 Å². The van der Waals surface area contributed by atoms with E-state index in [1.165, 1.54) is 6.07 Å². The maximum absolute atomic E-state index is 13.1. The van der Waals surface area contributed by atoms with Crippen LogP contribution in [-0.2, 0) is 13.5 Å². The monoisotopic (exact) mass is 297 g/mol. The molecule has 1 aromatic heterocycles. The van der Waals surface area contributed by atoms with Gasteiger partial charge in [-0.2, -0.15) is 0 Å². The quantitative estimate of drug-likeness (QED) is 0.946. The lowest BCUT2D eigenvalue weighted by atomic mass is 10.1. The molecule has 0 amide bonds. The van der Waals surface area contributed by atoms with E-state index >= 15 is 0 Å². The number of rotatable bonds is 3. The Balaban J connectivity index is 2.16. The largest absolute Gasteiger partial charge is 0.337 e. The third kappa shape index (κ3) is 2.73. The fraction of sp³-hybridized carbons (Fsp3) is 0.250. The summed E-state index contributed by atoms with van der Waals surface area (Å²) in [4.78, 5) is 4.20. The van der Waals surface area contributed by atoms with Gasteiger partial charge in [-0.05, 0) is 40.0 Å². The molecule has 0 fully saturated rings. The van der Waals surface area contributed by atoms with Crippen LogP contribution in [0.5, 0.6) is 0 Å². The summed E-state index contributed by atoms with van der Waals surface area (Å²) in [6.45, 7) is 0. The molecule has 1 atom stereocenters. The van der Waals surface area contributed by atoms with Gasteiger partial charge in [-0.25, -0.2) is 9.37 Å². The van der Waals surface area contributed by atoms with Gasteiger partial charge in [0.05, 0.1) is 10.5 Å². The minimum atomic E-state index is -0.265. The van der Waals surface area contributed by atoms with E-state index in [1.807, 2.05) is 17.8 Å². The highest BCUT2D eigenvalue weighted by molar-refractivity contribution is 9.10. The summed E-state index contributed by atoms with van der Waals surface area (Å²) in [7, 11) is 1.91. The van der Waals surface area contributed by atoms with Crippen LogP contribution in [0.25, 0.3) is 0 Å². The van der Waals surface area contributed by atoms with Crippen LogP contribution in [0, 0.1) is 5.82 Å². The molecule has 0 saturated carbocycles. The fourth-order valence-corrected chi connectivity index (χ4v) is 2.17. The second kappa shape index (κ2) is 4.98. The van der Waals surface area contributed by atoms with E-state index in [0.29, 0.717) is 10.9 Å². The molecule has 0 spiro atoms. The van der Waals surface area contributed by atoms with Crippen molar-refractivity contribution in [3.8, 4) is 0 Å². The molecule has 2 N–H and O–H groups in total. The van der Waals surface area contributed by atoms with E-state index in [9.17, 15) is 4.39 Å². The molecule has 3 nitrogen and oxygen atoms in total. The Bertz CT molecular complexity index is 524. The first-order chi connectivity index (χ1) is 8.08. The minimum Gasteiger partial charge on any atom is -0.337 e. The zero-order valence-corrected chi connectivity index (χ0v) is 11.0. The van der Waals surface area contributed by atoms with Crippen molar-refractivity contribution in [1.29, 1.82) is 0 Å². The number of imidazole rings is 1. The average Bonchev–Trinajstić information content (AvgIpc) is 2.70. The minimum absolute atomic E-state index is 0.188. The lowest BCUT2D eigenvalue weighted by molar-refractivity contribution is 0.613. The SMILES string of the molecule is Cn1ccnc1C(N)Cc1ccc(F)c(Br)c1. The number of halogens is 2. The molecule has 2 aromatic rings. The summed E-state index contributed by atoms with van der Waals surface area (Å²) >= 11 is 3.16. The second-order valence-electron chi connectivity index (χ2n) is 3.96. The molecule has 1 aromatic carbocycles. The number of nitrogens with zero attached hydrogens (tertiary/aromatic N) is 2. The molecular weight excluding hydrogens is 285 g/mol. The molecule has 0 aliphatic heterocycles. The Morgan fingerprint density at radius 2 is 2.29 bits per heavy atom. The van der Waals surface area contributed by atoms with Crippen LogP contribution >= 0.6 is 15.9 Å². The van der Waals surface area contributed by atoms with E-state index in [-0.39, 0.29) is 11.9 Å². The van der Waals surface area contributed by atoms with Gasteiger partial charge < -0.3 is 10.3 Å². The lowest BCUT2D eigenvalue weighted by Gasteiger charge is -2.12. The standard InChI is InChI=1S/C12H13BrFN3/c1-17-5-4-16-12(17)11(15)7-8-2-3-10(14)9(13)6-8/h2-6,11H,7,15H2,1H3. The molecule has 0 radical (unpaired) electrons. The van der Waals surface area contributed by atoms with E-state index < -0.39 is 0 Å². The normalized spacial score (nSPS) is 12.7. The first-order valence-electron chi connectivity index (χ1n) is 5.24. The molecule has 1 heterocycles. The third-order valence-electron chi connectivity index (χ3n) is 2.63. The van der Waals surface area contributed by atoms with Crippen molar-refractivity contribution in [2.75, 3.05) is 0 Å². The molecular formula is C12H13BrFN3. The zero-order chi connectivity index (χ0) is 12.4. The number of benzene rings is 1. The van der Waals surface area contributed by atoms with Crippen molar-refractivity contribution in [3.63, 3.8) is 0 Å². The fourth-order valence-electron chi connectivity index (χ4n) is 1.75. The molecule has 0 aliphatic carbocycles. The molecule has 2 rings (SSSR count). The van der Waals surface area contributed by atoms with E-state index in [2.05, 4.69) is 20.9 Å². The van der Waals surface area contributed by atoms with Crippen LogP contribution in [0.1, 0.15) is 17.4 Å². The van der Waals surface area contributed by atoms with E-state index in [4.69, 9.17) is 5.73 Å². The summed E-state index contributed by atoms with van der Waals surface area (Å²) in [5.41, 5.74) is 7.05. The van der Waals surface area contributed by atoms with Crippen LogP contribution in [0.2, 0.25) is 0 Å². The molecule has 90 valence electrons. The van der Waals surface area contributed by atoms with Gasteiger partial charge in [0, 0.05) is 19.4 Å². The third-order valence-corrected chi connectivity index (χ3v) is 3.24. The number of aryl methyl sites for hydroxylation is 1. The van der Waals surface area contributed by atoms with Gasteiger partial charge >= 0.3 is 0 Å². The summed E-state index contributed by atoms with van der Waals surface area (Å²) in [5.74, 6) is 0.560. The first-order valence-corrected chi connectivity index (χ1v) is 6.04. The Labute approximate surface area is 108 Å². The highest BCUT2D eigenvalue weighted by Gasteiger charge is 2.12. The van der Waals surface area contributed by atoms with Gasteiger partial charge in [0.1, 0.15) is 11.6 Å². The van der Waals surface area contributed by atoms with Crippen molar-refractivity contribution in [2.45, 2.75) is 12.5 Å².